The Kier molecular flexibility index (Phi) is 56.8. The van der Waals surface area contributed by atoms with Crippen molar-refractivity contribution in [2.75, 3.05) is 13.2 Å². The number of ether oxygens (including phenoxy) is 3. The van der Waals surface area contributed by atoms with Crippen molar-refractivity contribution in [1.29, 1.82) is 0 Å². The SMILES string of the molecule is CC/C=C\C/C=C\C/C=C\C/C=C\C/C=C\C/C=C\CCCCCCCCCCC(=O)OCC(COC(=O)CCCCCCCCCCC)OC(=O)CCCCCCCCCCCCCCCCCCC. The number of rotatable bonds is 55. The molecule has 0 rings (SSSR count). The van der Waals surface area contributed by atoms with Gasteiger partial charge >= 0.3 is 17.9 Å². The molecule has 0 saturated carbocycles. The fourth-order valence-electron chi connectivity index (χ4n) is 8.68. The van der Waals surface area contributed by atoms with Gasteiger partial charge < -0.3 is 14.2 Å². The van der Waals surface area contributed by atoms with Crippen molar-refractivity contribution in [3.05, 3.63) is 72.9 Å². The molecule has 0 aliphatic rings. The highest BCUT2D eigenvalue weighted by atomic mass is 16.6. The van der Waals surface area contributed by atoms with Gasteiger partial charge in [-0.15, -0.1) is 0 Å². The van der Waals surface area contributed by atoms with E-state index in [9.17, 15) is 14.4 Å². The van der Waals surface area contributed by atoms with Crippen molar-refractivity contribution in [2.24, 2.45) is 0 Å². The molecular weight excluding hydrogens is 877 g/mol. The third-order valence-corrected chi connectivity index (χ3v) is 13.2. The van der Waals surface area contributed by atoms with Crippen LogP contribution in [0.1, 0.15) is 303 Å². The monoisotopic (exact) mass is 991 g/mol. The second kappa shape index (κ2) is 59.4. The fraction of sp³-hybridized carbons (Fsp3) is 0.769. The summed E-state index contributed by atoms with van der Waals surface area (Å²) in [6.07, 6.45) is 76.2. The molecule has 410 valence electrons. The van der Waals surface area contributed by atoms with E-state index < -0.39 is 6.10 Å². The van der Waals surface area contributed by atoms with E-state index in [1.165, 1.54) is 161 Å². The average Bonchev–Trinajstić information content (AvgIpc) is 3.37. The molecule has 0 aliphatic heterocycles. The first-order valence-electron chi connectivity index (χ1n) is 30.4. The summed E-state index contributed by atoms with van der Waals surface area (Å²) in [5, 5.41) is 0. The summed E-state index contributed by atoms with van der Waals surface area (Å²) in [6.45, 7) is 6.53. The number of esters is 3. The Morgan fingerprint density at radius 1 is 0.296 bits per heavy atom. The van der Waals surface area contributed by atoms with Crippen LogP contribution in [0.15, 0.2) is 72.9 Å². The third kappa shape index (κ3) is 57.6. The van der Waals surface area contributed by atoms with Crippen LogP contribution in [0.5, 0.6) is 0 Å². The van der Waals surface area contributed by atoms with Crippen LogP contribution < -0.4 is 0 Å². The Labute approximate surface area is 440 Å². The Morgan fingerprint density at radius 2 is 0.549 bits per heavy atom. The maximum Gasteiger partial charge on any atom is 0.306 e. The van der Waals surface area contributed by atoms with Gasteiger partial charge in [0.25, 0.3) is 0 Å². The minimum Gasteiger partial charge on any atom is -0.462 e. The molecule has 6 heteroatoms. The van der Waals surface area contributed by atoms with E-state index in [4.69, 9.17) is 14.2 Å². The van der Waals surface area contributed by atoms with Crippen LogP contribution in [0.2, 0.25) is 0 Å². The number of carbonyl (C=O) groups excluding carboxylic acids is 3. The Morgan fingerprint density at radius 3 is 0.859 bits per heavy atom. The average molecular weight is 992 g/mol. The molecule has 71 heavy (non-hydrogen) atoms. The topological polar surface area (TPSA) is 78.9 Å². The normalized spacial score (nSPS) is 12.5. The second-order valence-electron chi connectivity index (χ2n) is 20.2. The van der Waals surface area contributed by atoms with Gasteiger partial charge in [0.15, 0.2) is 6.10 Å². The van der Waals surface area contributed by atoms with Crippen molar-refractivity contribution in [3.63, 3.8) is 0 Å². The van der Waals surface area contributed by atoms with E-state index in [2.05, 4.69) is 93.7 Å². The zero-order chi connectivity index (χ0) is 51.4. The molecule has 0 aromatic rings. The highest BCUT2D eigenvalue weighted by molar-refractivity contribution is 5.71. The second-order valence-corrected chi connectivity index (χ2v) is 20.2. The lowest BCUT2D eigenvalue weighted by molar-refractivity contribution is -0.167. The molecule has 0 aromatic heterocycles. The van der Waals surface area contributed by atoms with Crippen molar-refractivity contribution in [2.45, 2.75) is 309 Å². The van der Waals surface area contributed by atoms with Crippen molar-refractivity contribution in [1.82, 2.24) is 0 Å². The van der Waals surface area contributed by atoms with E-state index in [0.717, 1.165) is 103 Å². The van der Waals surface area contributed by atoms with Crippen molar-refractivity contribution < 1.29 is 28.6 Å². The molecule has 0 spiro atoms. The quantitative estimate of drug-likeness (QED) is 0.0261. The largest absolute Gasteiger partial charge is 0.462 e. The van der Waals surface area contributed by atoms with Gasteiger partial charge in [-0.1, -0.05) is 286 Å². The van der Waals surface area contributed by atoms with Crippen LogP contribution in [0.3, 0.4) is 0 Å². The molecule has 0 heterocycles. The van der Waals surface area contributed by atoms with Crippen molar-refractivity contribution in [3.8, 4) is 0 Å². The maximum atomic E-state index is 12.8. The van der Waals surface area contributed by atoms with Gasteiger partial charge in [-0.25, -0.2) is 0 Å². The standard InChI is InChI=1S/C65H114O6/c1-4-7-10-13-16-19-21-23-25-27-28-29-30-31-32-33-34-35-36-38-39-41-43-46-49-52-55-58-64(67)70-61-62(60-69-63(66)57-54-51-48-45-18-15-12-9-6-3)71-65(68)59-56-53-50-47-44-42-40-37-26-24-22-20-17-14-11-8-5-2/h7,10,16,19,23,25,28-29,31-32,34-35,62H,4-6,8-9,11-15,17-18,20-22,24,26-27,30,33,36-61H2,1-3H3/b10-7-,19-16-,25-23-,29-28-,32-31-,35-34-. The molecule has 0 N–H and O–H groups in total. The lowest BCUT2D eigenvalue weighted by Gasteiger charge is -2.18. The summed E-state index contributed by atoms with van der Waals surface area (Å²) in [5.41, 5.74) is 0. The highest BCUT2D eigenvalue weighted by Crippen LogP contribution is 2.17. The van der Waals surface area contributed by atoms with Crippen LogP contribution in [-0.2, 0) is 28.6 Å². The van der Waals surface area contributed by atoms with Crippen LogP contribution in [0.4, 0.5) is 0 Å². The Bertz CT molecular complexity index is 1320. The van der Waals surface area contributed by atoms with Gasteiger partial charge in [-0.05, 0) is 70.6 Å². The van der Waals surface area contributed by atoms with Crippen LogP contribution in [0, 0.1) is 0 Å². The number of unbranched alkanes of at least 4 members (excludes halogenated alkanes) is 32. The van der Waals surface area contributed by atoms with Gasteiger partial charge in [0.05, 0.1) is 0 Å². The molecule has 6 nitrogen and oxygen atoms in total. The lowest BCUT2D eigenvalue weighted by atomic mass is 10.0. The fourth-order valence-corrected chi connectivity index (χ4v) is 8.68. The molecule has 1 unspecified atom stereocenters. The molecule has 1 atom stereocenters. The molecule has 0 amide bonds. The minimum absolute atomic E-state index is 0.0737. The summed E-state index contributed by atoms with van der Waals surface area (Å²) in [6, 6.07) is 0. The first-order valence-corrected chi connectivity index (χ1v) is 30.4. The molecule has 0 saturated heterocycles. The van der Waals surface area contributed by atoms with Gasteiger partial charge in [-0.3, -0.25) is 14.4 Å². The first-order chi connectivity index (χ1) is 35.0. The van der Waals surface area contributed by atoms with Gasteiger partial charge in [0.1, 0.15) is 13.2 Å². The molecule has 0 bridgehead atoms. The number of hydrogen-bond donors (Lipinski definition) is 0. The van der Waals surface area contributed by atoms with E-state index in [1.807, 2.05) is 0 Å². The van der Waals surface area contributed by atoms with E-state index >= 15 is 0 Å². The molecular formula is C65H114O6. The summed E-state index contributed by atoms with van der Waals surface area (Å²) in [4.78, 5) is 38.1. The van der Waals surface area contributed by atoms with Gasteiger partial charge in [-0.2, -0.15) is 0 Å². The lowest BCUT2D eigenvalue weighted by Crippen LogP contribution is -2.30. The first kappa shape index (κ1) is 67.8. The summed E-state index contributed by atoms with van der Waals surface area (Å²) in [7, 11) is 0. The van der Waals surface area contributed by atoms with E-state index in [1.54, 1.807) is 0 Å². The molecule has 0 fully saturated rings. The van der Waals surface area contributed by atoms with Crippen LogP contribution in [-0.4, -0.2) is 37.2 Å². The summed E-state index contributed by atoms with van der Waals surface area (Å²) >= 11 is 0. The molecule has 0 aliphatic carbocycles. The third-order valence-electron chi connectivity index (χ3n) is 13.2. The number of allylic oxidation sites excluding steroid dienone is 12. The van der Waals surface area contributed by atoms with Crippen molar-refractivity contribution >= 4 is 17.9 Å². The summed E-state index contributed by atoms with van der Waals surface area (Å²) in [5.74, 6) is -0.872. The highest BCUT2D eigenvalue weighted by Gasteiger charge is 2.19. The number of carbonyl (C=O) groups is 3. The predicted molar refractivity (Wildman–Crippen MR) is 307 cm³/mol. The van der Waals surface area contributed by atoms with Crippen LogP contribution in [0.25, 0.3) is 0 Å². The zero-order valence-electron chi connectivity index (χ0n) is 47.0. The predicted octanol–water partition coefficient (Wildman–Crippen LogP) is 20.5. The Balaban J connectivity index is 4.22. The van der Waals surface area contributed by atoms with E-state index in [0.29, 0.717) is 19.3 Å². The smallest absolute Gasteiger partial charge is 0.306 e. The van der Waals surface area contributed by atoms with Gasteiger partial charge in [0, 0.05) is 19.3 Å². The van der Waals surface area contributed by atoms with Crippen LogP contribution >= 0.6 is 0 Å². The molecule has 0 aromatic carbocycles. The molecule has 0 radical (unpaired) electrons. The maximum absolute atomic E-state index is 12.8. The Hall–Kier alpha value is -3.15. The van der Waals surface area contributed by atoms with E-state index in [-0.39, 0.29) is 31.1 Å². The number of hydrogen-bond acceptors (Lipinski definition) is 6. The zero-order valence-corrected chi connectivity index (χ0v) is 47.0. The van der Waals surface area contributed by atoms with Gasteiger partial charge in [0.2, 0.25) is 0 Å². The summed E-state index contributed by atoms with van der Waals surface area (Å²) < 4.78 is 16.9. The minimum atomic E-state index is -0.774.